The molecule has 0 aromatic carbocycles. The van der Waals surface area contributed by atoms with Gasteiger partial charge in [0.1, 0.15) is 17.5 Å². The minimum Gasteiger partial charge on any atom is -0.464 e. The number of carbonyl (C=O) groups is 2. The van der Waals surface area contributed by atoms with E-state index in [4.69, 9.17) is 21.2 Å². The molecule has 3 atom stereocenters. The fourth-order valence-electron chi connectivity index (χ4n) is 4.66. The second kappa shape index (κ2) is 12.3. The zero-order chi connectivity index (χ0) is 24.6. The van der Waals surface area contributed by atoms with Crippen LogP contribution >= 0.6 is 0 Å². The summed E-state index contributed by atoms with van der Waals surface area (Å²) in [5.74, 6) is 11.9. The highest BCUT2D eigenvalue weighted by atomic mass is 16.6. The van der Waals surface area contributed by atoms with E-state index in [9.17, 15) is 9.59 Å². The third-order valence-electron chi connectivity index (χ3n) is 6.78. The number of nitrogens with zero attached hydrogens (tertiary/aromatic N) is 2. The summed E-state index contributed by atoms with van der Waals surface area (Å²) < 4.78 is 11.3. The molecule has 1 saturated heterocycles. The molecule has 0 spiro atoms. The lowest BCUT2D eigenvalue weighted by atomic mass is 9.71. The van der Waals surface area contributed by atoms with E-state index in [0.29, 0.717) is 49.6 Å². The third-order valence-corrected chi connectivity index (χ3v) is 6.78. The molecular weight excluding hydrogens is 422 g/mol. The van der Waals surface area contributed by atoms with Crippen LogP contribution in [-0.4, -0.2) is 47.6 Å². The van der Waals surface area contributed by atoms with Crippen molar-refractivity contribution in [1.29, 1.82) is 0 Å². The lowest BCUT2D eigenvalue weighted by molar-refractivity contribution is -0.154. The highest BCUT2D eigenvalue weighted by molar-refractivity contribution is 5.83. The Morgan fingerprint density at radius 2 is 1.97 bits per heavy atom. The molecule has 188 valence electrons. The number of amides is 1. The SMILES string of the molecule is CCC(CC)COC(=O)C1CC2C/C(=C/C/C(=N/N)NN)CCC2CN1C(=O)OC(C)(C)C. The van der Waals surface area contributed by atoms with Crippen LogP contribution in [0.2, 0.25) is 0 Å². The maximum absolute atomic E-state index is 13.1. The Labute approximate surface area is 198 Å². The molecule has 1 aliphatic heterocycles. The number of allylic oxidation sites excluding steroid dienone is 1. The number of hydrogen-bond acceptors (Lipinski definition) is 7. The number of likely N-dealkylation sites (tertiary alicyclic amines) is 1. The molecule has 9 heteroatoms. The van der Waals surface area contributed by atoms with E-state index in [1.54, 1.807) is 4.90 Å². The van der Waals surface area contributed by atoms with E-state index in [1.807, 2.05) is 20.8 Å². The Morgan fingerprint density at radius 3 is 2.55 bits per heavy atom. The molecule has 1 saturated carbocycles. The molecule has 5 N–H and O–H groups in total. The Balaban J connectivity index is 2.15. The van der Waals surface area contributed by atoms with Gasteiger partial charge in [-0.05, 0) is 64.2 Å². The predicted octanol–water partition coefficient (Wildman–Crippen LogP) is 3.44. The first-order chi connectivity index (χ1) is 15.6. The lowest BCUT2D eigenvalue weighted by Crippen LogP contribution is -2.55. The van der Waals surface area contributed by atoms with Crippen LogP contribution < -0.4 is 17.1 Å². The van der Waals surface area contributed by atoms with E-state index in [2.05, 4.69) is 30.5 Å². The van der Waals surface area contributed by atoms with Gasteiger partial charge < -0.3 is 20.7 Å². The van der Waals surface area contributed by atoms with Gasteiger partial charge in [-0.2, -0.15) is 5.10 Å². The van der Waals surface area contributed by atoms with Gasteiger partial charge in [0.15, 0.2) is 0 Å². The molecule has 2 fully saturated rings. The van der Waals surface area contributed by atoms with Crippen LogP contribution in [0.25, 0.3) is 0 Å². The second-order valence-corrected chi connectivity index (χ2v) is 10.2. The summed E-state index contributed by atoms with van der Waals surface area (Å²) in [6.45, 7) is 10.6. The molecule has 2 aliphatic rings. The van der Waals surface area contributed by atoms with Crippen molar-refractivity contribution in [1.82, 2.24) is 10.3 Å². The van der Waals surface area contributed by atoms with Crippen LogP contribution in [-0.2, 0) is 14.3 Å². The number of rotatable bonds is 7. The number of hydrazone groups is 1. The minimum atomic E-state index is -0.625. The average Bonchev–Trinajstić information content (AvgIpc) is 2.78. The number of ether oxygens (including phenoxy) is 2. The van der Waals surface area contributed by atoms with Crippen LogP contribution in [0.4, 0.5) is 4.79 Å². The molecule has 0 radical (unpaired) electrons. The average molecular weight is 466 g/mol. The number of fused-ring (bicyclic) bond motifs is 1. The predicted molar refractivity (Wildman–Crippen MR) is 129 cm³/mol. The number of piperidine rings is 1. The first-order valence-corrected chi connectivity index (χ1v) is 12.2. The zero-order valence-corrected chi connectivity index (χ0v) is 20.9. The van der Waals surface area contributed by atoms with Crippen molar-refractivity contribution in [3.05, 3.63) is 11.6 Å². The molecule has 1 aliphatic carbocycles. The Hall–Kier alpha value is -2.29. The smallest absolute Gasteiger partial charge is 0.411 e. The fraction of sp³-hybridized carbons (Fsp3) is 0.792. The van der Waals surface area contributed by atoms with Crippen molar-refractivity contribution in [2.75, 3.05) is 13.2 Å². The van der Waals surface area contributed by atoms with Gasteiger partial charge in [-0.3, -0.25) is 4.90 Å². The number of hydrazine groups is 1. The normalized spacial score (nSPS) is 25.1. The van der Waals surface area contributed by atoms with Gasteiger partial charge in [0.25, 0.3) is 0 Å². The van der Waals surface area contributed by atoms with Gasteiger partial charge in [-0.15, -0.1) is 0 Å². The van der Waals surface area contributed by atoms with Gasteiger partial charge in [0.05, 0.1) is 6.61 Å². The fourth-order valence-corrected chi connectivity index (χ4v) is 4.66. The Morgan fingerprint density at radius 1 is 1.27 bits per heavy atom. The number of hydrogen-bond donors (Lipinski definition) is 3. The Kier molecular flexibility index (Phi) is 10.0. The van der Waals surface area contributed by atoms with Gasteiger partial charge in [-0.1, -0.05) is 38.3 Å². The molecule has 3 unspecified atom stereocenters. The standard InChI is InChI=1S/C24H43N5O4/c1-6-16(7-2)15-32-22(30)20-13-19-12-17(9-11-21(27-25)28-26)8-10-18(19)14-29(20)23(31)33-24(3,4)5/h9,16,18-20H,6-8,10-15,25-26H2,1-5H3,(H,27,28)/b17-9+. The van der Waals surface area contributed by atoms with Crippen molar-refractivity contribution in [3.8, 4) is 0 Å². The van der Waals surface area contributed by atoms with Crippen LogP contribution in [0.5, 0.6) is 0 Å². The van der Waals surface area contributed by atoms with Crippen molar-refractivity contribution >= 4 is 17.9 Å². The van der Waals surface area contributed by atoms with Crippen LogP contribution in [0.3, 0.4) is 0 Å². The minimum absolute atomic E-state index is 0.304. The van der Waals surface area contributed by atoms with Crippen molar-refractivity contribution in [3.63, 3.8) is 0 Å². The van der Waals surface area contributed by atoms with E-state index < -0.39 is 17.7 Å². The van der Waals surface area contributed by atoms with Crippen molar-refractivity contribution in [2.45, 2.75) is 91.2 Å². The van der Waals surface area contributed by atoms with Crippen LogP contribution in [0.15, 0.2) is 16.8 Å². The van der Waals surface area contributed by atoms with Gasteiger partial charge in [0.2, 0.25) is 0 Å². The monoisotopic (exact) mass is 465 g/mol. The number of carbonyl (C=O) groups excluding carboxylic acids is 2. The Bertz CT molecular complexity index is 727. The molecule has 0 aromatic rings. The zero-order valence-electron chi connectivity index (χ0n) is 20.9. The van der Waals surface area contributed by atoms with E-state index in [1.165, 1.54) is 5.57 Å². The van der Waals surface area contributed by atoms with Crippen LogP contribution in [0, 0.1) is 17.8 Å². The van der Waals surface area contributed by atoms with Gasteiger partial charge in [-0.25, -0.2) is 15.4 Å². The van der Waals surface area contributed by atoms with Gasteiger partial charge >= 0.3 is 12.1 Å². The van der Waals surface area contributed by atoms with E-state index in [0.717, 1.165) is 32.1 Å². The molecule has 1 heterocycles. The quantitative estimate of drug-likeness (QED) is 0.131. The highest BCUT2D eigenvalue weighted by Gasteiger charge is 2.44. The lowest BCUT2D eigenvalue weighted by Gasteiger charge is -2.45. The largest absolute Gasteiger partial charge is 0.464 e. The van der Waals surface area contributed by atoms with E-state index in [-0.39, 0.29) is 5.97 Å². The summed E-state index contributed by atoms with van der Waals surface area (Å²) in [5, 5.41) is 3.63. The molecule has 0 aromatic heterocycles. The van der Waals surface area contributed by atoms with Crippen molar-refractivity contribution < 1.29 is 19.1 Å². The summed E-state index contributed by atoms with van der Waals surface area (Å²) in [7, 11) is 0. The molecular formula is C24H43N5O4. The van der Waals surface area contributed by atoms with E-state index >= 15 is 0 Å². The topological polar surface area (TPSA) is 132 Å². The maximum atomic E-state index is 13.1. The number of amidine groups is 1. The summed E-state index contributed by atoms with van der Waals surface area (Å²) in [6, 6.07) is -0.623. The molecule has 9 nitrogen and oxygen atoms in total. The summed E-state index contributed by atoms with van der Waals surface area (Å²) in [6.07, 6.45) is 7.48. The first kappa shape index (κ1) is 27.0. The molecule has 1 amide bonds. The summed E-state index contributed by atoms with van der Waals surface area (Å²) in [5.41, 5.74) is 3.18. The van der Waals surface area contributed by atoms with Gasteiger partial charge in [0, 0.05) is 13.0 Å². The molecule has 0 bridgehead atoms. The van der Waals surface area contributed by atoms with Crippen molar-refractivity contribution in [2.24, 2.45) is 34.5 Å². The second-order valence-electron chi connectivity index (χ2n) is 10.2. The molecule has 2 rings (SSSR count). The third kappa shape index (κ3) is 7.91. The summed E-state index contributed by atoms with van der Waals surface area (Å²) in [4.78, 5) is 27.7. The summed E-state index contributed by atoms with van der Waals surface area (Å²) >= 11 is 0. The maximum Gasteiger partial charge on any atom is 0.411 e. The molecule has 33 heavy (non-hydrogen) atoms. The number of nitrogens with two attached hydrogens (primary N) is 2. The first-order valence-electron chi connectivity index (χ1n) is 12.2. The highest BCUT2D eigenvalue weighted by Crippen LogP contribution is 2.41. The van der Waals surface area contributed by atoms with Crippen LogP contribution in [0.1, 0.15) is 79.6 Å². The number of esters is 1. The number of nitrogens with one attached hydrogen (secondary N) is 1.